The fraction of sp³-hybridized carbons (Fsp3) is 1.00. The molecule has 0 atom stereocenters. The van der Waals surface area contributed by atoms with Gasteiger partial charge in [0.05, 0.1) is 0 Å². The standard InChI is InChI=1S/C16H32O/c1-2-3-4-5-6-7-8-9-10-11-14-17-15-16-12-13-16/h16H,2-15H2,1H3. The van der Waals surface area contributed by atoms with Crippen molar-refractivity contribution in [1.29, 1.82) is 0 Å². The van der Waals surface area contributed by atoms with Gasteiger partial charge in [0.1, 0.15) is 0 Å². The van der Waals surface area contributed by atoms with E-state index in [4.69, 9.17) is 4.74 Å². The highest BCUT2D eigenvalue weighted by molar-refractivity contribution is 4.71. The molecule has 1 aliphatic rings. The first-order valence-electron chi connectivity index (χ1n) is 8.01. The largest absolute Gasteiger partial charge is 0.381 e. The third-order valence-electron chi connectivity index (χ3n) is 3.69. The van der Waals surface area contributed by atoms with E-state index in [9.17, 15) is 0 Å². The summed E-state index contributed by atoms with van der Waals surface area (Å²) in [5.41, 5.74) is 0. The van der Waals surface area contributed by atoms with E-state index in [2.05, 4.69) is 6.92 Å². The van der Waals surface area contributed by atoms with Crippen molar-refractivity contribution >= 4 is 0 Å². The molecule has 0 heterocycles. The SMILES string of the molecule is CCCCCCCCCCCCOCC1CC1. The van der Waals surface area contributed by atoms with Gasteiger partial charge in [-0.15, -0.1) is 0 Å². The van der Waals surface area contributed by atoms with Crippen LogP contribution >= 0.6 is 0 Å². The van der Waals surface area contributed by atoms with Crippen LogP contribution in [0.1, 0.15) is 84.0 Å². The number of hydrogen-bond donors (Lipinski definition) is 0. The Hall–Kier alpha value is -0.0400. The van der Waals surface area contributed by atoms with E-state index in [0.29, 0.717) is 0 Å². The lowest BCUT2D eigenvalue weighted by Gasteiger charge is -2.03. The molecular weight excluding hydrogens is 208 g/mol. The lowest BCUT2D eigenvalue weighted by atomic mass is 10.1. The van der Waals surface area contributed by atoms with Gasteiger partial charge in [0.25, 0.3) is 0 Å². The van der Waals surface area contributed by atoms with Crippen molar-refractivity contribution in [2.45, 2.75) is 84.0 Å². The fourth-order valence-corrected chi connectivity index (χ4v) is 2.23. The monoisotopic (exact) mass is 240 g/mol. The van der Waals surface area contributed by atoms with E-state index in [1.807, 2.05) is 0 Å². The quantitative estimate of drug-likeness (QED) is 0.395. The maximum Gasteiger partial charge on any atom is 0.0494 e. The Morgan fingerprint density at radius 1 is 0.765 bits per heavy atom. The molecule has 1 heteroatoms. The maximum atomic E-state index is 5.63. The zero-order valence-electron chi connectivity index (χ0n) is 11.9. The predicted octanol–water partition coefficient (Wildman–Crippen LogP) is 5.33. The van der Waals surface area contributed by atoms with Crippen LogP contribution in [-0.2, 0) is 4.74 Å². The lowest BCUT2D eigenvalue weighted by molar-refractivity contribution is 0.120. The summed E-state index contributed by atoms with van der Waals surface area (Å²) in [6, 6.07) is 0. The van der Waals surface area contributed by atoms with Crippen molar-refractivity contribution < 1.29 is 4.74 Å². The van der Waals surface area contributed by atoms with Gasteiger partial charge >= 0.3 is 0 Å². The summed E-state index contributed by atoms with van der Waals surface area (Å²) in [7, 11) is 0. The van der Waals surface area contributed by atoms with E-state index >= 15 is 0 Å². The molecule has 0 aromatic rings. The van der Waals surface area contributed by atoms with E-state index in [-0.39, 0.29) is 0 Å². The first-order chi connectivity index (χ1) is 8.43. The van der Waals surface area contributed by atoms with E-state index in [1.54, 1.807) is 0 Å². The van der Waals surface area contributed by atoms with Crippen LogP contribution in [-0.4, -0.2) is 13.2 Å². The summed E-state index contributed by atoms with van der Waals surface area (Å²) in [6.45, 7) is 4.33. The van der Waals surface area contributed by atoms with Crippen molar-refractivity contribution in [2.24, 2.45) is 5.92 Å². The van der Waals surface area contributed by atoms with Gasteiger partial charge in [-0.25, -0.2) is 0 Å². The van der Waals surface area contributed by atoms with Crippen LogP contribution in [0.4, 0.5) is 0 Å². The van der Waals surface area contributed by atoms with Crippen LogP contribution in [0.5, 0.6) is 0 Å². The Morgan fingerprint density at radius 3 is 1.82 bits per heavy atom. The molecule has 0 amide bonds. The van der Waals surface area contributed by atoms with Gasteiger partial charge in [0.2, 0.25) is 0 Å². The van der Waals surface area contributed by atoms with Crippen molar-refractivity contribution in [3.8, 4) is 0 Å². The molecule has 0 aliphatic heterocycles. The average Bonchev–Trinajstić information content (AvgIpc) is 3.15. The second-order valence-corrected chi connectivity index (χ2v) is 5.70. The minimum Gasteiger partial charge on any atom is -0.381 e. The molecule has 1 rings (SSSR count). The minimum atomic E-state index is 0.929. The highest BCUT2D eigenvalue weighted by Crippen LogP contribution is 2.28. The summed E-state index contributed by atoms with van der Waals surface area (Å²) in [4.78, 5) is 0. The van der Waals surface area contributed by atoms with Crippen molar-refractivity contribution in [2.75, 3.05) is 13.2 Å². The summed E-state index contributed by atoms with van der Waals surface area (Å²) >= 11 is 0. The zero-order chi connectivity index (χ0) is 12.2. The molecule has 1 fully saturated rings. The number of hydrogen-bond acceptors (Lipinski definition) is 1. The van der Waals surface area contributed by atoms with Crippen molar-refractivity contribution in [3.05, 3.63) is 0 Å². The third-order valence-corrected chi connectivity index (χ3v) is 3.69. The number of unbranched alkanes of at least 4 members (excludes halogenated alkanes) is 9. The molecule has 0 bridgehead atoms. The Bertz CT molecular complexity index is 152. The van der Waals surface area contributed by atoms with E-state index in [0.717, 1.165) is 19.1 Å². The Kier molecular flexibility index (Phi) is 9.78. The molecule has 17 heavy (non-hydrogen) atoms. The van der Waals surface area contributed by atoms with Gasteiger partial charge in [-0.3, -0.25) is 0 Å². The fourth-order valence-electron chi connectivity index (χ4n) is 2.23. The van der Waals surface area contributed by atoms with Gasteiger partial charge in [-0.1, -0.05) is 64.7 Å². The summed E-state index contributed by atoms with van der Waals surface area (Å²) in [6.07, 6.45) is 16.9. The molecule has 1 nitrogen and oxygen atoms in total. The Morgan fingerprint density at radius 2 is 1.29 bits per heavy atom. The molecular formula is C16H32O. The van der Waals surface area contributed by atoms with Gasteiger partial charge in [-0.05, 0) is 25.2 Å². The molecule has 0 radical (unpaired) electrons. The molecule has 1 aliphatic carbocycles. The molecule has 102 valence electrons. The van der Waals surface area contributed by atoms with Crippen LogP contribution in [0.3, 0.4) is 0 Å². The number of rotatable bonds is 13. The lowest BCUT2D eigenvalue weighted by Crippen LogP contribution is -1.98. The first kappa shape index (κ1) is 15.0. The van der Waals surface area contributed by atoms with E-state index in [1.165, 1.54) is 77.0 Å². The summed E-state index contributed by atoms with van der Waals surface area (Å²) in [5.74, 6) is 0.929. The average molecular weight is 240 g/mol. The zero-order valence-corrected chi connectivity index (χ0v) is 11.9. The summed E-state index contributed by atoms with van der Waals surface area (Å²) < 4.78 is 5.63. The van der Waals surface area contributed by atoms with Crippen molar-refractivity contribution in [3.63, 3.8) is 0 Å². The van der Waals surface area contributed by atoms with Crippen molar-refractivity contribution in [1.82, 2.24) is 0 Å². The third kappa shape index (κ3) is 10.8. The molecule has 0 N–H and O–H groups in total. The maximum absolute atomic E-state index is 5.63. The molecule has 1 saturated carbocycles. The summed E-state index contributed by atoms with van der Waals surface area (Å²) in [5, 5.41) is 0. The molecule has 0 aromatic carbocycles. The minimum absolute atomic E-state index is 0.929. The molecule has 0 spiro atoms. The van der Waals surface area contributed by atoms with Crippen LogP contribution in [0.2, 0.25) is 0 Å². The Balaban J connectivity index is 1.61. The van der Waals surface area contributed by atoms with Crippen LogP contribution in [0.15, 0.2) is 0 Å². The van der Waals surface area contributed by atoms with E-state index < -0.39 is 0 Å². The van der Waals surface area contributed by atoms with Gasteiger partial charge in [-0.2, -0.15) is 0 Å². The normalized spacial score (nSPS) is 15.4. The second kappa shape index (κ2) is 11.1. The second-order valence-electron chi connectivity index (χ2n) is 5.70. The molecule has 0 unspecified atom stereocenters. The molecule has 0 saturated heterocycles. The van der Waals surface area contributed by atoms with Crippen LogP contribution < -0.4 is 0 Å². The molecule has 0 aromatic heterocycles. The van der Waals surface area contributed by atoms with Crippen LogP contribution in [0, 0.1) is 5.92 Å². The number of ether oxygens (including phenoxy) is 1. The smallest absolute Gasteiger partial charge is 0.0494 e. The highest BCUT2D eigenvalue weighted by Gasteiger charge is 2.20. The van der Waals surface area contributed by atoms with Gasteiger partial charge in [0, 0.05) is 13.2 Å². The first-order valence-corrected chi connectivity index (χ1v) is 8.01. The topological polar surface area (TPSA) is 9.23 Å². The van der Waals surface area contributed by atoms with Gasteiger partial charge < -0.3 is 4.74 Å². The Labute approximate surface area is 108 Å². The highest BCUT2D eigenvalue weighted by atomic mass is 16.5. The predicted molar refractivity (Wildman–Crippen MR) is 75.4 cm³/mol. The van der Waals surface area contributed by atoms with Crippen LogP contribution in [0.25, 0.3) is 0 Å². The van der Waals surface area contributed by atoms with Gasteiger partial charge in [0.15, 0.2) is 0 Å².